The highest BCUT2D eigenvalue weighted by Crippen LogP contribution is 2.20. The molecule has 1 unspecified atom stereocenters. The number of hydrogen-bond acceptors (Lipinski definition) is 4. The maximum absolute atomic E-state index is 12.2. The molecule has 0 saturated carbocycles. The molecule has 0 spiro atoms. The smallest absolute Gasteiger partial charge is 0.356 e. The normalized spacial score (nSPS) is 11.9. The maximum atomic E-state index is 12.2. The topological polar surface area (TPSA) is 88.5 Å². The Labute approximate surface area is 220 Å². The van der Waals surface area contributed by atoms with Crippen molar-refractivity contribution < 1.29 is 19.4 Å². The molecule has 1 amide bonds. The fraction of sp³-hybridized carbons (Fsp3) is 0.767. The van der Waals surface area contributed by atoms with Gasteiger partial charge in [-0.25, -0.2) is 9.78 Å². The molecule has 1 heterocycles. The Morgan fingerprint density at radius 1 is 0.861 bits per heavy atom. The van der Waals surface area contributed by atoms with Crippen molar-refractivity contribution in [3.8, 4) is 0 Å². The van der Waals surface area contributed by atoms with Crippen molar-refractivity contribution >= 4 is 17.6 Å². The lowest BCUT2D eigenvalue weighted by atomic mass is 9.94. The van der Waals surface area contributed by atoms with Crippen molar-refractivity contribution in [1.82, 2.24) is 4.98 Å². The molecule has 1 aromatic heterocycles. The Bertz CT molecular complexity index is 695. The van der Waals surface area contributed by atoms with Crippen LogP contribution in [0.25, 0.3) is 0 Å². The van der Waals surface area contributed by atoms with Crippen LogP contribution in [0, 0.1) is 5.92 Å². The number of amides is 1. The first-order valence-electron chi connectivity index (χ1n) is 14.6. The molecule has 0 aliphatic heterocycles. The highest BCUT2D eigenvalue weighted by molar-refractivity contribution is 5.98. The van der Waals surface area contributed by atoms with Gasteiger partial charge >= 0.3 is 5.97 Å². The average molecular weight is 505 g/mol. The fourth-order valence-electron chi connectivity index (χ4n) is 4.57. The number of anilines is 1. The molecule has 0 aromatic carbocycles. The molecule has 2 N–H and O–H groups in total. The third-order valence-electron chi connectivity index (χ3n) is 6.76. The zero-order valence-corrected chi connectivity index (χ0v) is 23.1. The number of ether oxygens (including phenoxy) is 1. The molecule has 1 atom stereocenters. The first-order chi connectivity index (χ1) is 17.6. The van der Waals surface area contributed by atoms with Crippen LogP contribution in [0.4, 0.5) is 5.69 Å². The number of carbonyl (C=O) groups is 2. The SMILES string of the molecule is CCCCCCCCCCC(CCCCCCCC)COCCCC(=O)Nc1cccnc1C(=O)O. The summed E-state index contributed by atoms with van der Waals surface area (Å²) in [5.74, 6) is -0.752. The minimum atomic E-state index is -1.15. The Hall–Kier alpha value is -1.95. The van der Waals surface area contributed by atoms with Crippen LogP contribution < -0.4 is 5.32 Å². The van der Waals surface area contributed by atoms with Crippen LogP contribution in [0.15, 0.2) is 18.3 Å². The lowest BCUT2D eigenvalue weighted by molar-refractivity contribution is -0.116. The van der Waals surface area contributed by atoms with Crippen molar-refractivity contribution in [2.75, 3.05) is 18.5 Å². The molecule has 0 saturated heterocycles. The van der Waals surface area contributed by atoms with E-state index in [1.807, 2.05) is 0 Å². The number of carboxylic acids is 1. The van der Waals surface area contributed by atoms with Crippen LogP contribution in [0.5, 0.6) is 0 Å². The number of unbranched alkanes of at least 4 members (excludes halogenated alkanes) is 12. The molecular formula is C30H52N2O4. The summed E-state index contributed by atoms with van der Waals surface area (Å²) >= 11 is 0. The summed E-state index contributed by atoms with van der Waals surface area (Å²) in [6, 6.07) is 3.17. The van der Waals surface area contributed by atoms with Gasteiger partial charge in [0.05, 0.1) is 5.69 Å². The van der Waals surface area contributed by atoms with E-state index in [0.29, 0.717) is 25.4 Å². The van der Waals surface area contributed by atoms with Gasteiger partial charge in [-0.2, -0.15) is 0 Å². The highest BCUT2D eigenvalue weighted by atomic mass is 16.5. The van der Waals surface area contributed by atoms with Gasteiger partial charge in [0.25, 0.3) is 0 Å². The lowest BCUT2D eigenvalue weighted by Gasteiger charge is -2.17. The largest absolute Gasteiger partial charge is 0.476 e. The summed E-state index contributed by atoms with van der Waals surface area (Å²) in [5, 5.41) is 11.9. The zero-order chi connectivity index (χ0) is 26.3. The van der Waals surface area contributed by atoms with Gasteiger partial charge in [0.15, 0.2) is 5.69 Å². The third kappa shape index (κ3) is 16.7. The monoisotopic (exact) mass is 504 g/mol. The minimum absolute atomic E-state index is 0.138. The molecule has 6 nitrogen and oxygen atoms in total. The first-order valence-corrected chi connectivity index (χ1v) is 14.6. The maximum Gasteiger partial charge on any atom is 0.356 e. The molecule has 0 fully saturated rings. The molecule has 1 rings (SSSR count). The Morgan fingerprint density at radius 2 is 1.42 bits per heavy atom. The van der Waals surface area contributed by atoms with Crippen LogP contribution in [-0.2, 0) is 9.53 Å². The van der Waals surface area contributed by atoms with Crippen LogP contribution in [0.2, 0.25) is 0 Å². The standard InChI is InChI=1S/C30H52N2O4/c1-3-5-7-9-11-12-14-16-20-26(19-15-13-10-8-6-4-2)25-36-24-18-22-28(33)32-27-21-17-23-31-29(27)30(34)35/h17,21,23,26H,3-16,18-20,22,24-25H2,1-2H3,(H,32,33)(H,34,35). The second kappa shape index (κ2) is 22.3. The average Bonchev–Trinajstić information content (AvgIpc) is 2.87. The number of aromatic nitrogens is 1. The van der Waals surface area contributed by atoms with Gasteiger partial charge in [-0.05, 0) is 37.3 Å². The summed E-state index contributed by atoms with van der Waals surface area (Å²) in [7, 11) is 0. The second-order valence-corrected chi connectivity index (χ2v) is 10.1. The third-order valence-corrected chi connectivity index (χ3v) is 6.76. The summed E-state index contributed by atoms with van der Waals surface area (Å²) in [6.45, 7) is 5.85. The molecule has 0 radical (unpaired) electrons. The number of carbonyl (C=O) groups excluding carboxylic acids is 1. The predicted molar refractivity (Wildman–Crippen MR) is 149 cm³/mol. The zero-order valence-electron chi connectivity index (χ0n) is 23.1. The molecule has 0 aliphatic carbocycles. The van der Waals surface area contributed by atoms with E-state index in [4.69, 9.17) is 4.74 Å². The molecule has 36 heavy (non-hydrogen) atoms. The van der Waals surface area contributed by atoms with Gasteiger partial charge in [0, 0.05) is 25.8 Å². The minimum Gasteiger partial charge on any atom is -0.476 e. The van der Waals surface area contributed by atoms with E-state index in [2.05, 4.69) is 24.1 Å². The Balaban J connectivity index is 2.27. The summed E-state index contributed by atoms with van der Waals surface area (Å²) in [5.41, 5.74) is 0.0980. The number of aromatic carboxylic acids is 1. The predicted octanol–water partition coefficient (Wildman–Crippen LogP) is 8.41. The van der Waals surface area contributed by atoms with Gasteiger partial charge in [-0.1, -0.05) is 104 Å². The van der Waals surface area contributed by atoms with Crippen molar-refractivity contribution in [3.05, 3.63) is 24.0 Å². The van der Waals surface area contributed by atoms with Crippen molar-refractivity contribution in [1.29, 1.82) is 0 Å². The van der Waals surface area contributed by atoms with Crippen molar-refractivity contribution in [3.63, 3.8) is 0 Å². The van der Waals surface area contributed by atoms with Crippen molar-refractivity contribution in [2.24, 2.45) is 5.92 Å². The van der Waals surface area contributed by atoms with Gasteiger partial charge in [0.2, 0.25) is 5.91 Å². The second-order valence-electron chi connectivity index (χ2n) is 10.1. The molecule has 206 valence electrons. The van der Waals surface area contributed by atoms with E-state index in [1.54, 1.807) is 12.1 Å². The summed E-state index contributed by atoms with van der Waals surface area (Å²) in [6.07, 6.45) is 23.5. The Morgan fingerprint density at radius 3 is 1.97 bits per heavy atom. The lowest BCUT2D eigenvalue weighted by Crippen LogP contribution is -2.16. The molecule has 0 aliphatic rings. The van der Waals surface area contributed by atoms with Gasteiger partial charge < -0.3 is 15.2 Å². The van der Waals surface area contributed by atoms with Crippen LogP contribution in [0.1, 0.15) is 140 Å². The van der Waals surface area contributed by atoms with Gasteiger partial charge in [-0.15, -0.1) is 0 Å². The number of hydrogen-bond donors (Lipinski definition) is 2. The van der Waals surface area contributed by atoms with E-state index < -0.39 is 5.97 Å². The number of carboxylic acid groups (broad SMARTS) is 1. The van der Waals surface area contributed by atoms with E-state index in [-0.39, 0.29) is 17.3 Å². The Kier molecular flexibility index (Phi) is 19.8. The summed E-state index contributed by atoms with van der Waals surface area (Å²) < 4.78 is 5.99. The van der Waals surface area contributed by atoms with Crippen LogP contribution >= 0.6 is 0 Å². The molecule has 6 heteroatoms. The summed E-state index contributed by atoms with van der Waals surface area (Å²) in [4.78, 5) is 27.3. The van der Waals surface area contributed by atoms with Crippen LogP contribution in [0.3, 0.4) is 0 Å². The van der Waals surface area contributed by atoms with E-state index in [1.165, 1.54) is 109 Å². The van der Waals surface area contributed by atoms with Gasteiger partial charge in [0.1, 0.15) is 0 Å². The number of nitrogens with one attached hydrogen (secondary N) is 1. The van der Waals surface area contributed by atoms with Crippen molar-refractivity contribution in [2.45, 2.75) is 129 Å². The van der Waals surface area contributed by atoms with Crippen LogP contribution in [-0.4, -0.2) is 35.2 Å². The van der Waals surface area contributed by atoms with E-state index >= 15 is 0 Å². The van der Waals surface area contributed by atoms with E-state index in [9.17, 15) is 14.7 Å². The van der Waals surface area contributed by atoms with Gasteiger partial charge in [-0.3, -0.25) is 4.79 Å². The van der Waals surface area contributed by atoms with E-state index in [0.717, 1.165) is 6.61 Å². The molecular weight excluding hydrogens is 452 g/mol. The molecule has 0 bridgehead atoms. The number of pyridine rings is 1. The number of rotatable bonds is 24. The fourth-order valence-corrected chi connectivity index (χ4v) is 4.57. The quantitative estimate of drug-likeness (QED) is 0.138. The highest BCUT2D eigenvalue weighted by Gasteiger charge is 2.13. The first kappa shape index (κ1) is 32.1. The number of nitrogens with zero attached hydrogens (tertiary/aromatic N) is 1. The molecule has 1 aromatic rings.